The summed E-state index contributed by atoms with van der Waals surface area (Å²) >= 11 is 0. The smallest absolute Gasteiger partial charge is 0.243 e. The minimum absolute atomic E-state index is 0.0371. The third-order valence-corrected chi connectivity index (χ3v) is 7.63. The first-order valence-electron chi connectivity index (χ1n) is 10.5. The van der Waals surface area contributed by atoms with Crippen LogP contribution >= 0.6 is 0 Å². The number of carbonyl (C=O) groups excluding carboxylic acids is 1. The number of nitrogens with zero attached hydrogens (tertiary/aromatic N) is 1. The zero-order valence-corrected chi connectivity index (χ0v) is 18.9. The molecule has 2 atom stereocenters. The molecular weight excluding hydrogens is 419 g/mol. The molecule has 1 heterocycles. The summed E-state index contributed by atoms with van der Waals surface area (Å²) in [4.78, 5) is 13.0. The molecule has 0 spiro atoms. The lowest BCUT2D eigenvalue weighted by atomic mass is 9.96. The number of hydrogen-bond donors (Lipinski definition) is 1. The Morgan fingerprint density at radius 1 is 1.26 bits per heavy atom. The van der Waals surface area contributed by atoms with Crippen LogP contribution in [0.5, 0.6) is 5.75 Å². The van der Waals surface area contributed by atoms with E-state index in [1.807, 2.05) is 32.0 Å². The van der Waals surface area contributed by atoms with Gasteiger partial charge in [0.15, 0.2) is 0 Å². The molecule has 1 amide bonds. The molecule has 0 saturated carbocycles. The number of amides is 1. The maximum atomic E-state index is 13.2. The first-order chi connectivity index (χ1) is 14.8. The highest BCUT2D eigenvalue weighted by molar-refractivity contribution is 7.89. The Hall–Kier alpha value is -2.45. The fourth-order valence-corrected chi connectivity index (χ4v) is 5.48. The van der Waals surface area contributed by atoms with Crippen molar-refractivity contribution in [3.8, 4) is 5.75 Å². The summed E-state index contributed by atoms with van der Waals surface area (Å²) in [6.45, 7) is 4.41. The van der Waals surface area contributed by atoms with Crippen LogP contribution in [0.4, 0.5) is 4.39 Å². The second-order valence-electron chi connectivity index (χ2n) is 7.85. The highest BCUT2D eigenvalue weighted by atomic mass is 32.2. The molecule has 1 aliphatic heterocycles. The number of benzene rings is 2. The number of rotatable bonds is 7. The summed E-state index contributed by atoms with van der Waals surface area (Å²) in [6, 6.07) is 10.4. The van der Waals surface area contributed by atoms with Crippen molar-refractivity contribution in [2.45, 2.75) is 44.0 Å². The van der Waals surface area contributed by atoms with E-state index in [1.165, 1.54) is 16.4 Å². The molecule has 8 heteroatoms. The fourth-order valence-electron chi connectivity index (χ4n) is 3.96. The molecule has 2 aromatic carbocycles. The number of piperidine rings is 1. The zero-order chi connectivity index (χ0) is 22.6. The van der Waals surface area contributed by atoms with Crippen LogP contribution in [0.1, 0.15) is 43.4 Å². The lowest BCUT2D eigenvalue weighted by Gasteiger charge is -2.32. The van der Waals surface area contributed by atoms with Gasteiger partial charge in [0.05, 0.1) is 24.0 Å². The highest BCUT2D eigenvalue weighted by Gasteiger charge is 2.34. The average Bonchev–Trinajstić information content (AvgIpc) is 2.77. The zero-order valence-electron chi connectivity index (χ0n) is 18.1. The van der Waals surface area contributed by atoms with Gasteiger partial charge in [0, 0.05) is 13.1 Å². The van der Waals surface area contributed by atoms with Crippen molar-refractivity contribution in [3.05, 3.63) is 59.4 Å². The van der Waals surface area contributed by atoms with E-state index in [1.54, 1.807) is 7.11 Å². The van der Waals surface area contributed by atoms with Crippen molar-refractivity contribution in [1.29, 1.82) is 0 Å². The van der Waals surface area contributed by atoms with E-state index in [0.29, 0.717) is 25.8 Å². The van der Waals surface area contributed by atoms with E-state index < -0.39 is 21.8 Å². The summed E-state index contributed by atoms with van der Waals surface area (Å²) in [5.74, 6) is -0.287. The predicted octanol–water partition coefficient (Wildman–Crippen LogP) is 3.81. The molecule has 0 aromatic heterocycles. The van der Waals surface area contributed by atoms with Crippen molar-refractivity contribution in [3.63, 3.8) is 0 Å². The Bertz CT molecular complexity index is 1020. The molecule has 6 nitrogen and oxygen atoms in total. The molecular formula is C23H29FN2O4S. The standard InChI is InChI=1S/C23H29FN2O4S/c1-4-21(17-7-12-22(30-3)16(2)14-17)25-23(27)18-6-5-13-26(15-18)31(28,29)20-10-8-19(24)9-11-20/h7-12,14,18,21H,4-6,13,15H2,1-3H3,(H,25,27)/t18-,21-/m1/s1. The summed E-state index contributed by atoms with van der Waals surface area (Å²) in [6.07, 6.45) is 1.93. The number of hydrogen-bond acceptors (Lipinski definition) is 4. The Morgan fingerprint density at radius 3 is 2.58 bits per heavy atom. The van der Waals surface area contributed by atoms with Gasteiger partial charge in [-0.05, 0) is 67.6 Å². The predicted molar refractivity (Wildman–Crippen MR) is 117 cm³/mol. The van der Waals surface area contributed by atoms with Crippen LogP contribution in [0.2, 0.25) is 0 Å². The minimum atomic E-state index is -3.77. The number of halogens is 1. The van der Waals surface area contributed by atoms with Gasteiger partial charge >= 0.3 is 0 Å². The number of carbonyl (C=O) groups is 1. The number of nitrogens with one attached hydrogen (secondary N) is 1. The topological polar surface area (TPSA) is 75.7 Å². The SMILES string of the molecule is CC[C@@H](NC(=O)[C@@H]1CCCN(S(=O)(=O)c2ccc(F)cc2)C1)c1ccc(OC)c(C)c1. The van der Waals surface area contributed by atoms with Gasteiger partial charge in [-0.3, -0.25) is 4.79 Å². The molecule has 0 radical (unpaired) electrons. The molecule has 168 valence electrons. The van der Waals surface area contributed by atoms with E-state index in [9.17, 15) is 17.6 Å². The number of sulfonamides is 1. The molecule has 1 saturated heterocycles. The van der Waals surface area contributed by atoms with E-state index in [2.05, 4.69) is 5.32 Å². The summed E-state index contributed by atoms with van der Waals surface area (Å²) in [5.41, 5.74) is 1.97. The Kier molecular flexibility index (Phi) is 7.33. The van der Waals surface area contributed by atoms with Gasteiger partial charge in [-0.2, -0.15) is 4.31 Å². The Morgan fingerprint density at radius 2 is 1.97 bits per heavy atom. The quantitative estimate of drug-likeness (QED) is 0.699. The lowest BCUT2D eigenvalue weighted by Crippen LogP contribution is -2.46. The maximum Gasteiger partial charge on any atom is 0.243 e. The molecule has 1 N–H and O–H groups in total. The number of methoxy groups -OCH3 is 1. The van der Waals surface area contributed by atoms with Crippen LogP contribution in [-0.4, -0.2) is 38.8 Å². The summed E-state index contributed by atoms with van der Waals surface area (Å²) in [5, 5.41) is 3.09. The van der Waals surface area contributed by atoms with Crippen LogP contribution in [0.3, 0.4) is 0 Å². The highest BCUT2D eigenvalue weighted by Crippen LogP contribution is 2.27. The monoisotopic (exact) mass is 448 g/mol. The van der Waals surface area contributed by atoms with Gasteiger partial charge in [0.2, 0.25) is 15.9 Å². The fraction of sp³-hybridized carbons (Fsp3) is 0.435. The largest absolute Gasteiger partial charge is 0.496 e. The lowest BCUT2D eigenvalue weighted by molar-refractivity contribution is -0.126. The van der Waals surface area contributed by atoms with Gasteiger partial charge in [0.1, 0.15) is 11.6 Å². The molecule has 0 unspecified atom stereocenters. The first-order valence-corrected chi connectivity index (χ1v) is 11.9. The second-order valence-corrected chi connectivity index (χ2v) is 9.79. The Balaban J connectivity index is 1.71. The molecule has 1 aliphatic rings. The van der Waals surface area contributed by atoms with Crippen molar-refractivity contribution in [2.75, 3.05) is 20.2 Å². The van der Waals surface area contributed by atoms with Crippen LogP contribution < -0.4 is 10.1 Å². The minimum Gasteiger partial charge on any atom is -0.496 e. The van der Waals surface area contributed by atoms with E-state index in [4.69, 9.17) is 4.74 Å². The first kappa shape index (κ1) is 23.2. The molecule has 2 aromatic rings. The van der Waals surface area contributed by atoms with Crippen molar-refractivity contribution in [1.82, 2.24) is 9.62 Å². The van der Waals surface area contributed by atoms with Crippen molar-refractivity contribution < 1.29 is 22.3 Å². The summed E-state index contributed by atoms with van der Waals surface area (Å²) < 4.78 is 45.7. The number of aryl methyl sites for hydroxylation is 1. The summed E-state index contributed by atoms with van der Waals surface area (Å²) in [7, 11) is -2.15. The van der Waals surface area contributed by atoms with Crippen molar-refractivity contribution >= 4 is 15.9 Å². The normalized spacial score (nSPS) is 18.4. The molecule has 3 rings (SSSR count). The molecule has 31 heavy (non-hydrogen) atoms. The van der Waals surface area contributed by atoms with Gasteiger partial charge in [0.25, 0.3) is 0 Å². The van der Waals surface area contributed by atoms with Crippen LogP contribution in [0.25, 0.3) is 0 Å². The Labute approximate surface area is 183 Å². The van der Waals surface area contributed by atoms with E-state index in [-0.39, 0.29) is 23.4 Å². The van der Waals surface area contributed by atoms with Crippen molar-refractivity contribution in [2.24, 2.45) is 5.92 Å². The van der Waals surface area contributed by atoms with Gasteiger partial charge in [-0.1, -0.05) is 19.1 Å². The third kappa shape index (κ3) is 5.25. The van der Waals surface area contributed by atoms with Crippen LogP contribution in [0, 0.1) is 18.7 Å². The van der Waals surface area contributed by atoms with Gasteiger partial charge in [-0.25, -0.2) is 12.8 Å². The van der Waals surface area contributed by atoms with Gasteiger partial charge < -0.3 is 10.1 Å². The molecule has 0 bridgehead atoms. The number of ether oxygens (including phenoxy) is 1. The molecule has 0 aliphatic carbocycles. The third-order valence-electron chi connectivity index (χ3n) is 5.75. The van der Waals surface area contributed by atoms with E-state index in [0.717, 1.165) is 29.0 Å². The van der Waals surface area contributed by atoms with E-state index >= 15 is 0 Å². The molecule has 1 fully saturated rings. The van der Waals surface area contributed by atoms with Crippen LogP contribution in [0.15, 0.2) is 47.4 Å². The maximum absolute atomic E-state index is 13.2. The van der Waals surface area contributed by atoms with Gasteiger partial charge in [-0.15, -0.1) is 0 Å². The second kappa shape index (κ2) is 9.78. The average molecular weight is 449 g/mol. The van der Waals surface area contributed by atoms with Crippen LogP contribution in [-0.2, 0) is 14.8 Å².